The van der Waals surface area contributed by atoms with Crippen molar-refractivity contribution >= 4 is 35.2 Å². The van der Waals surface area contributed by atoms with Crippen molar-refractivity contribution in [1.29, 1.82) is 0 Å². The van der Waals surface area contributed by atoms with Crippen LogP contribution in [0.4, 0.5) is 4.79 Å². The van der Waals surface area contributed by atoms with Crippen LogP contribution in [0.15, 0.2) is 0 Å². The Kier molecular flexibility index (Phi) is 7.45. The van der Waals surface area contributed by atoms with E-state index in [0.29, 0.717) is 0 Å². The van der Waals surface area contributed by atoms with Gasteiger partial charge < -0.3 is 9.47 Å². The fourth-order valence-corrected chi connectivity index (χ4v) is 0.159. The Hall–Kier alpha value is -0.294. The maximum Gasteiger partial charge on any atom is 0.515 e. The standard InChI is InChI=1S/C4H6O4.Mg/c1-3(5)8-4(6)7-2;/h1-2H3;. The van der Waals surface area contributed by atoms with E-state index in [2.05, 4.69) is 9.47 Å². The Bertz CT molecular complexity index is 111. The summed E-state index contributed by atoms with van der Waals surface area (Å²) in [6, 6.07) is 0. The fourth-order valence-electron chi connectivity index (χ4n) is 0.159. The first kappa shape index (κ1) is 11.5. The van der Waals surface area contributed by atoms with Crippen molar-refractivity contribution in [3.63, 3.8) is 0 Å². The number of hydrogen-bond donors (Lipinski definition) is 0. The lowest BCUT2D eigenvalue weighted by Gasteiger charge is -1.93. The molecule has 0 aromatic heterocycles. The minimum absolute atomic E-state index is 0. The number of esters is 1. The van der Waals surface area contributed by atoms with Crippen molar-refractivity contribution in [3.8, 4) is 0 Å². The topological polar surface area (TPSA) is 52.6 Å². The molecule has 0 aromatic rings. The predicted octanol–water partition coefficient (Wildman–Crippen LogP) is -0.0649. The van der Waals surface area contributed by atoms with E-state index in [1.54, 1.807) is 0 Å². The fraction of sp³-hybridized carbons (Fsp3) is 0.500. The highest BCUT2D eigenvalue weighted by molar-refractivity contribution is 5.79. The van der Waals surface area contributed by atoms with Gasteiger partial charge >= 0.3 is 12.1 Å². The molecular weight excluding hydrogens is 136 g/mol. The third-order valence-corrected chi connectivity index (χ3v) is 0.394. The van der Waals surface area contributed by atoms with Crippen LogP contribution in [0.3, 0.4) is 0 Å². The van der Waals surface area contributed by atoms with Crippen LogP contribution in [0.1, 0.15) is 6.92 Å². The van der Waals surface area contributed by atoms with Gasteiger partial charge in [0.2, 0.25) is 0 Å². The lowest BCUT2D eigenvalue weighted by molar-refractivity contribution is -0.136. The zero-order valence-corrected chi connectivity index (χ0v) is 6.75. The molecule has 0 atom stereocenters. The third kappa shape index (κ3) is 7.71. The van der Waals surface area contributed by atoms with Crippen molar-refractivity contribution in [2.75, 3.05) is 7.11 Å². The molecule has 5 heteroatoms. The molecular formula is C4H6MgO4. The SMILES string of the molecule is COC(=O)OC(C)=O.[Mg]. The van der Waals surface area contributed by atoms with Crippen molar-refractivity contribution in [2.24, 2.45) is 0 Å². The van der Waals surface area contributed by atoms with Gasteiger partial charge in [0.25, 0.3) is 0 Å². The Morgan fingerprint density at radius 3 is 1.89 bits per heavy atom. The van der Waals surface area contributed by atoms with Crippen molar-refractivity contribution < 1.29 is 19.1 Å². The number of methoxy groups -OCH3 is 1. The minimum atomic E-state index is -0.975. The highest BCUT2D eigenvalue weighted by Gasteiger charge is 2.01. The van der Waals surface area contributed by atoms with Gasteiger partial charge in [0, 0.05) is 30.0 Å². The van der Waals surface area contributed by atoms with E-state index < -0.39 is 12.1 Å². The van der Waals surface area contributed by atoms with Crippen LogP contribution in [0.25, 0.3) is 0 Å². The molecule has 0 aromatic carbocycles. The molecule has 0 aliphatic rings. The van der Waals surface area contributed by atoms with E-state index in [4.69, 9.17) is 0 Å². The van der Waals surface area contributed by atoms with Crippen molar-refractivity contribution in [3.05, 3.63) is 0 Å². The molecule has 48 valence electrons. The van der Waals surface area contributed by atoms with E-state index in [1.807, 2.05) is 0 Å². The molecule has 0 unspecified atom stereocenters. The average molecular weight is 142 g/mol. The summed E-state index contributed by atoms with van der Waals surface area (Å²) >= 11 is 0. The maximum atomic E-state index is 9.96. The lowest BCUT2D eigenvalue weighted by Crippen LogP contribution is -2.07. The summed E-state index contributed by atoms with van der Waals surface area (Å²) in [5, 5.41) is 0. The van der Waals surface area contributed by atoms with Crippen LogP contribution in [0.2, 0.25) is 0 Å². The van der Waals surface area contributed by atoms with Gasteiger partial charge in [0.15, 0.2) is 0 Å². The first-order valence-corrected chi connectivity index (χ1v) is 1.93. The van der Waals surface area contributed by atoms with Gasteiger partial charge in [-0.2, -0.15) is 0 Å². The van der Waals surface area contributed by atoms with Gasteiger partial charge in [0.1, 0.15) is 0 Å². The molecule has 0 aliphatic carbocycles. The van der Waals surface area contributed by atoms with Crippen LogP contribution in [0, 0.1) is 0 Å². The van der Waals surface area contributed by atoms with Crippen LogP contribution >= 0.6 is 0 Å². The van der Waals surface area contributed by atoms with Crippen molar-refractivity contribution in [2.45, 2.75) is 6.92 Å². The summed E-state index contributed by atoms with van der Waals surface area (Å²) in [5.41, 5.74) is 0. The lowest BCUT2D eigenvalue weighted by atomic mass is 10.8. The molecule has 0 heterocycles. The Morgan fingerprint density at radius 2 is 1.78 bits per heavy atom. The summed E-state index contributed by atoms with van der Waals surface area (Å²) in [5.74, 6) is -0.670. The molecule has 0 saturated heterocycles. The molecule has 2 radical (unpaired) electrons. The quantitative estimate of drug-likeness (QED) is 0.270. The summed E-state index contributed by atoms with van der Waals surface area (Å²) < 4.78 is 7.88. The van der Waals surface area contributed by atoms with Gasteiger partial charge in [-0.05, 0) is 0 Å². The maximum absolute atomic E-state index is 9.96. The zero-order valence-electron chi connectivity index (χ0n) is 5.34. The first-order chi connectivity index (χ1) is 3.66. The van der Waals surface area contributed by atoms with Crippen LogP contribution in [-0.4, -0.2) is 42.3 Å². The normalized spacial score (nSPS) is 6.89. The molecule has 0 saturated carbocycles. The predicted molar refractivity (Wildman–Crippen MR) is 29.9 cm³/mol. The monoisotopic (exact) mass is 142 g/mol. The smallest absolute Gasteiger partial charge is 0.437 e. The third-order valence-electron chi connectivity index (χ3n) is 0.394. The molecule has 0 bridgehead atoms. The highest BCUT2D eigenvalue weighted by atomic mass is 24.3. The van der Waals surface area contributed by atoms with Gasteiger partial charge in [-0.3, -0.25) is 4.79 Å². The second kappa shape index (κ2) is 5.84. The molecule has 0 aliphatic heterocycles. The summed E-state index contributed by atoms with van der Waals surface area (Å²) in [6.45, 7) is 1.12. The molecule has 0 spiro atoms. The first-order valence-electron chi connectivity index (χ1n) is 1.93. The molecule has 0 N–H and O–H groups in total. The summed E-state index contributed by atoms with van der Waals surface area (Å²) in [6.07, 6.45) is -0.975. The van der Waals surface area contributed by atoms with Crippen LogP contribution in [0.5, 0.6) is 0 Å². The largest absolute Gasteiger partial charge is 0.515 e. The summed E-state index contributed by atoms with van der Waals surface area (Å²) in [7, 11) is 1.13. The van der Waals surface area contributed by atoms with E-state index in [-0.39, 0.29) is 23.1 Å². The molecule has 0 amide bonds. The van der Waals surface area contributed by atoms with Gasteiger partial charge in [-0.15, -0.1) is 0 Å². The molecule has 9 heavy (non-hydrogen) atoms. The molecule has 0 fully saturated rings. The van der Waals surface area contributed by atoms with Crippen molar-refractivity contribution in [1.82, 2.24) is 0 Å². The zero-order chi connectivity index (χ0) is 6.57. The average Bonchev–Trinajstić information content (AvgIpc) is 1.65. The van der Waals surface area contributed by atoms with Gasteiger partial charge in [-0.1, -0.05) is 0 Å². The second-order valence-electron chi connectivity index (χ2n) is 1.05. The Morgan fingerprint density at radius 1 is 1.33 bits per heavy atom. The van der Waals surface area contributed by atoms with Crippen LogP contribution < -0.4 is 0 Å². The molecule has 0 rings (SSSR count). The van der Waals surface area contributed by atoms with E-state index in [1.165, 1.54) is 0 Å². The number of carbonyl (C=O) groups is 2. The number of rotatable bonds is 0. The number of carbonyl (C=O) groups excluding carboxylic acids is 2. The Labute approximate surface area is 68.7 Å². The van der Waals surface area contributed by atoms with E-state index in [0.717, 1.165) is 14.0 Å². The highest BCUT2D eigenvalue weighted by Crippen LogP contribution is 1.80. The number of ether oxygens (including phenoxy) is 2. The van der Waals surface area contributed by atoms with Crippen LogP contribution in [-0.2, 0) is 14.3 Å². The molecule has 4 nitrogen and oxygen atoms in total. The Balaban J connectivity index is 0. The van der Waals surface area contributed by atoms with E-state index in [9.17, 15) is 9.59 Å². The minimum Gasteiger partial charge on any atom is -0.437 e. The van der Waals surface area contributed by atoms with Gasteiger partial charge in [0.05, 0.1) is 7.11 Å². The second-order valence-corrected chi connectivity index (χ2v) is 1.05. The summed E-state index contributed by atoms with van der Waals surface area (Å²) in [4.78, 5) is 19.8. The van der Waals surface area contributed by atoms with E-state index >= 15 is 0 Å². The van der Waals surface area contributed by atoms with Gasteiger partial charge in [-0.25, -0.2) is 4.79 Å². The number of hydrogen-bond acceptors (Lipinski definition) is 4.